The number of aromatic nitrogens is 3. The number of nitrogens with zero attached hydrogens (tertiary/aromatic N) is 2. The van der Waals surface area contributed by atoms with E-state index < -0.39 is 22.9 Å². The molecule has 4 aromatic rings. The smallest absolute Gasteiger partial charge is 0.259 e. The van der Waals surface area contributed by atoms with Gasteiger partial charge in [-0.3, -0.25) is 9.59 Å². The fourth-order valence-corrected chi connectivity index (χ4v) is 3.34. The molecule has 0 aliphatic heterocycles. The fourth-order valence-electron chi connectivity index (χ4n) is 3.11. The van der Waals surface area contributed by atoms with E-state index in [-0.39, 0.29) is 34.1 Å². The molecule has 0 bridgehead atoms. The van der Waals surface area contributed by atoms with Crippen LogP contribution >= 0.6 is 11.6 Å². The molecule has 0 unspecified atom stereocenters. The number of carbonyl (C=O) groups is 1. The van der Waals surface area contributed by atoms with Crippen LogP contribution in [0.3, 0.4) is 0 Å². The quantitative estimate of drug-likeness (QED) is 0.493. The first-order valence-corrected chi connectivity index (χ1v) is 9.46. The highest BCUT2D eigenvalue weighted by Crippen LogP contribution is 2.33. The van der Waals surface area contributed by atoms with Gasteiger partial charge < -0.3 is 15.0 Å². The highest BCUT2D eigenvalue weighted by molar-refractivity contribution is 6.35. The lowest BCUT2D eigenvalue weighted by molar-refractivity contribution is -0.122. The molecule has 10 heteroatoms. The van der Waals surface area contributed by atoms with Crippen molar-refractivity contribution < 1.29 is 18.3 Å². The van der Waals surface area contributed by atoms with Crippen LogP contribution in [0.2, 0.25) is 5.02 Å². The second-order valence-electron chi connectivity index (χ2n) is 6.51. The fraction of sp³-hybridized carbons (Fsp3) is 0.0952. The van der Waals surface area contributed by atoms with E-state index in [9.17, 15) is 18.4 Å². The van der Waals surface area contributed by atoms with Crippen molar-refractivity contribution in [1.29, 1.82) is 0 Å². The van der Waals surface area contributed by atoms with Gasteiger partial charge in [0.1, 0.15) is 22.6 Å². The molecule has 2 aromatic heterocycles. The van der Waals surface area contributed by atoms with E-state index >= 15 is 0 Å². The normalized spacial score (nSPS) is 11.0. The van der Waals surface area contributed by atoms with Gasteiger partial charge in [0.15, 0.2) is 18.2 Å². The van der Waals surface area contributed by atoms with Crippen LogP contribution in [-0.4, -0.2) is 34.3 Å². The summed E-state index contributed by atoms with van der Waals surface area (Å²) >= 11 is 6.27. The zero-order valence-corrected chi connectivity index (χ0v) is 16.8. The molecule has 0 atom stereocenters. The number of aromatic amines is 1. The molecule has 2 N–H and O–H groups in total. The molecule has 0 fully saturated rings. The van der Waals surface area contributed by atoms with E-state index in [1.165, 1.54) is 19.3 Å². The molecule has 0 saturated heterocycles. The maximum atomic E-state index is 14.5. The minimum Gasteiger partial charge on any atom is -0.484 e. The third kappa shape index (κ3) is 3.75. The number of pyridine rings is 1. The van der Waals surface area contributed by atoms with Crippen molar-refractivity contribution in [2.24, 2.45) is 0 Å². The van der Waals surface area contributed by atoms with Gasteiger partial charge in [-0.05, 0) is 36.4 Å². The van der Waals surface area contributed by atoms with E-state index in [1.807, 2.05) is 0 Å². The Hall–Kier alpha value is -3.72. The Morgan fingerprint density at radius 2 is 1.87 bits per heavy atom. The third-order valence-corrected chi connectivity index (χ3v) is 4.88. The minimum absolute atomic E-state index is 0.0709. The lowest BCUT2D eigenvalue weighted by Crippen LogP contribution is -2.24. The maximum absolute atomic E-state index is 14.5. The van der Waals surface area contributed by atoms with Gasteiger partial charge in [-0.1, -0.05) is 17.7 Å². The molecule has 158 valence electrons. The molecule has 0 aliphatic rings. The number of hydrogen-bond acceptors (Lipinski definition) is 4. The number of H-pyrrole nitrogens is 1. The SMILES string of the molecule is CNC(=O)COc1ccc(-c2nn(-c3c(F)cccc3F)c3c(Cl)c[nH]c(=O)c23)cc1. The topological polar surface area (TPSA) is 89.0 Å². The van der Waals surface area contributed by atoms with Crippen molar-refractivity contribution >= 4 is 28.4 Å². The summed E-state index contributed by atoms with van der Waals surface area (Å²) in [6.45, 7) is -0.157. The van der Waals surface area contributed by atoms with Gasteiger partial charge in [-0.2, -0.15) is 5.10 Å². The van der Waals surface area contributed by atoms with Crippen molar-refractivity contribution in [1.82, 2.24) is 20.1 Å². The summed E-state index contributed by atoms with van der Waals surface area (Å²) in [7, 11) is 1.50. The highest BCUT2D eigenvalue weighted by Gasteiger charge is 2.23. The van der Waals surface area contributed by atoms with Crippen LogP contribution in [0.1, 0.15) is 0 Å². The Morgan fingerprint density at radius 1 is 1.19 bits per heavy atom. The number of benzene rings is 2. The number of carbonyl (C=O) groups excluding carboxylic acids is 1. The highest BCUT2D eigenvalue weighted by atomic mass is 35.5. The molecular weight excluding hydrogens is 430 g/mol. The largest absolute Gasteiger partial charge is 0.484 e. The average molecular weight is 445 g/mol. The average Bonchev–Trinajstić information content (AvgIpc) is 3.16. The minimum atomic E-state index is -0.856. The van der Waals surface area contributed by atoms with Crippen LogP contribution in [0, 0.1) is 11.6 Å². The van der Waals surface area contributed by atoms with Crippen LogP contribution in [0.4, 0.5) is 8.78 Å². The van der Waals surface area contributed by atoms with Gasteiger partial charge in [0.05, 0.1) is 10.4 Å². The molecule has 0 radical (unpaired) electrons. The monoisotopic (exact) mass is 444 g/mol. The zero-order valence-electron chi connectivity index (χ0n) is 16.1. The van der Waals surface area contributed by atoms with Crippen molar-refractivity contribution in [3.8, 4) is 22.7 Å². The van der Waals surface area contributed by atoms with Gasteiger partial charge >= 0.3 is 0 Å². The Bertz CT molecular complexity index is 1330. The lowest BCUT2D eigenvalue weighted by Gasteiger charge is -2.07. The molecule has 7 nitrogen and oxygen atoms in total. The predicted molar refractivity (Wildman–Crippen MR) is 112 cm³/mol. The van der Waals surface area contributed by atoms with Crippen LogP contribution in [0.5, 0.6) is 5.75 Å². The molecule has 0 saturated carbocycles. The van der Waals surface area contributed by atoms with Crippen molar-refractivity contribution in [2.75, 3.05) is 13.7 Å². The van der Waals surface area contributed by atoms with Gasteiger partial charge in [0.2, 0.25) is 0 Å². The summed E-state index contributed by atoms with van der Waals surface area (Å²) in [6.07, 6.45) is 1.24. The summed E-state index contributed by atoms with van der Waals surface area (Å²) in [4.78, 5) is 26.4. The van der Waals surface area contributed by atoms with Gasteiger partial charge in [0, 0.05) is 18.8 Å². The van der Waals surface area contributed by atoms with E-state index in [4.69, 9.17) is 16.3 Å². The second-order valence-corrected chi connectivity index (χ2v) is 6.91. The van der Waals surface area contributed by atoms with E-state index in [0.717, 1.165) is 16.8 Å². The van der Waals surface area contributed by atoms with Crippen LogP contribution in [-0.2, 0) is 4.79 Å². The Kier molecular flexibility index (Phi) is 5.43. The lowest BCUT2D eigenvalue weighted by atomic mass is 10.1. The Balaban J connectivity index is 1.87. The number of hydrogen-bond donors (Lipinski definition) is 2. The molecular formula is C21H15ClF2N4O3. The van der Waals surface area contributed by atoms with Crippen LogP contribution in [0.25, 0.3) is 27.8 Å². The maximum Gasteiger partial charge on any atom is 0.259 e. The molecule has 2 aromatic carbocycles. The van der Waals surface area contributed by atoms with E-state index in [2.05, 4.69) is 15.4 Å². The Morgan fingerprint density at radius 3 is 2.52 bits per heavy atom. The molecule has 2 heterocycles. The summed E-state index contributed by atoms with van der Waals surface area (Å²) < 4.78 is 35.3. The first-order valence-electron chi connectivity index (χ1n) is 9.09. The molecule has 0 spiro atoms. The van der Waals surface area contributed by atoms with Gasteiger partial charge in [0.25, 0.3) is 11.5 Å². The number of ether oxygens (including phenoxy) is 1. The van der Waals surface area contributed by atoms with E-state index in [1.54, 1.807) is 24.3 Å². The molecule has 1 amide bonds. The number of amides is 1. The van der Waals surface area contributed by atoms with Gasteiger partial charge in [-0.25, -0.2) is 13.5 Å². The van der Waals surface area contributed by atoms with E-state index in [0.29, 0.717) is 11.3 Å². The second kappa shape index (κ2) is 8.19. The first-order chi connectivity index (χ1) is 14.9. The van der Waals surface area contributed by atoms with Crippen molar-refractivity contribution in [3.63, 3.8) is 0 Å². The number of fused-ring (bicyclic) bond motifs is 1. The van der Waals surface area contributed by atoms with Crippen molar-refractivity contribution in [3.05, 3.63) is 75.7 Å². The first kappa shape index (κ1) is 20.5. The molecule has 31 heavy (non-hydrogen) atoms. The molecule has 4 rings (SSSR count). The van der Waals surface area contributed by atoms with Gasteiger partial charge in [-0.15, -0.1) is 0 Å². The zero-order chi connectivity index (χ0) is 22.1. The Labute approximate surface area is 179 Å². The molecule has 0 aliphatic carbocycles. The number of rotatable bonds is 5. The standard InChI is InChI=1S/C21H15ClF2N4O3/c1-25-16(29)10-31-12-7-5-11(6-8-12)18-17-19(13(22)9-26-21(17)30)28(27-18)20-14(23)3-2-4-15(20)24/h2-9H,10H2,1H3,(H,25,29)(H,26,30). The van der Waals surface area contributed by atoms with Crippen LogP contribution in [0.15, 0.2) is 53.5 Å². The summed E-state index contributed by atoms with van der Waals surface area (Å²) in [5, 5.41) is 6.91. The number of halogens is 3. The third-order valence-electron chi connectivity index (χ3n) is 4.59. The predicted octanol–water partition coefficient (Wildman–Crippen LogP) is 3.44. The summed E-state index contributed by atoms with van der Waals surface area (Å²) in [5.74, 6) is -1.58. The summed E-state index contributed by atoms with van der Waals surface area (Å²) in [6, 6.07) is 9.81. The summed E-state index contributed by atoms with van der Waals surface area (Å²) in [5.41, 5.74) is -0.224. The number of para-hydroxylation sites is 1. The van der Waals surface area contributed by atoms with Crippen LogP contribution < -0.4 is 15.6 Å². The van der Waals surface area contributed by atoms with Crippen molar-refractivity contribution in [2.45, 2.75) is 0 Å². The number of likely N-dealkylation sites (N-methyl/N-ethyl adjacent to an activating group) is 1. The number of nitrogens with one attached hydrogen (secondary N) is 2.